The molecular formula is C32H48ClN3O5. The minimum absolute atomic E-state index is 0.139. The zero-order valence-corrected chi connectivity index (χ0v) is 26.4. The van der Waals surface area contributed by atoms with Crippen LogP contribution in [-0.4, -0.2) is 58.2 Å². The van der Waals surface area contributed by atoms with E-state index >= 15 is 0 Å². The van der Waals surface area contributed by atoms with Crippen LogP contribution in [0.15, 0.2) is 36.9 Å². The summed E-state index contributed by atoms with van der Waals surface area (Å²) in [6.07, 6.45) is 3.47. The van der Waals surface area contributed by atoms with Crippen molar-refractivity contribution in [1.29, 1.82) is 0 Å². The van der Waals surface area contributed by atoms with Gasteiger partial charge in [-0.3, -0.25) is 9.59 Å². The van der Waals surface area contributed by atoms with Gasteiger partial charge in [-0.1, -0.05) is 57.5 Å². The monoisotopic (exact) mass is 589 g/mol. The Morgan fingerprint density at radius 1 is 1.20 bits per heavy atom. The largest absolute Gasteiger partial charge is 0.443 e. The quantitative estimate of drug-likeness (QED) is 0.344. The van der Waals surface area contributed by atoms with Crippen LogP contribution in [0.4, 0.5) is 4.79 Å². The normalized spacial score (nSPS) is 26.8. The summed E-state index contributed by atoms with van der Waals surface area (Å²) in [5.74, 6) is -0.897. The Kier molecular flexibility index (Phi) is 9.91. The maximum absolute atomic E-state index is 13.8. The third-order valence-corrected chi connectivity index (χ3v) is 8.81. The molecule has 228 valence electrons. The molecule has 1 aromatic carbocycles. The van der Waals surface area contributed by atoms with Crippen molar-refractivity contribution in [2.75, 3.05) is 13.1 Å². The summed E-state index contributed by atoms with van der Waals surface area (Å²) >= 11 is 6.06. The van der Waals surface area contributed by atoms with Crippen LogP contribution in [-0.2, 0) is 19.9 Å². The van der Waals surface area contributed by atoms with Gasteiger partial charge in [0.15, 0.2) is 0 Å². The van der Waals surface area contributed by atoms with E-state index in [9.17, 15) is 19.5 Å². The van der Waals surface area contributed by atoms with Crippen molar-refractivity contribution in [3.63, 3.8) is 0 Å². The second-order valence-corrected chi connectivity index (χ2v) is 14.3. The molecule has 1 aliphatic heterocycles. The van der Waals surface area contributed by atoms with Gasteiger partial charge in [0.2, 0.25) is 11.8 Å². The van der Waals surface area contributed by atoms with E-state index in [1.165, 1.54) is 0 Å². The summed E-state index contributed by atoms with van der Waals surface area (Å²) in [4.78, 5) is 41.6. The van der Waals surface area contributed by atoms with Crippen LogP contribution in [0, 0.1) is 17.3 Å². The minimum Gasteiger partial charge on any atom is -0.443 e. The number of alkyl carbamates (subject to hydrolysis) is 1. The van der Waals surface area contributed by atoms with E-state index in [1.54, 1.807) is 23.1 Å². The first-order chi connectivity index (χ1) is 18.9. The molecule has 2 aliphatic rings. The van der Waals surface area contributed by atoms with Crippen molar-refractivity contribution in [2.24, 2.45) is 17.3 Å². The first kappa shape index (κ1) is 32.9. The molecule has 4 atom stereocenters. The smallest absolute Gasteiger partial charge is 0.408 e. The topological polar surface area (TPSA) is 108 Å². The number of amides is 3. The van der Waals surface area contributed by atoms with Gasteiger partial charge in [-0.2, -0.15) is 0 Å². The van der Waals surface area contributed by atoms with E-state index in [0.29, 0.717) is 50.2 Å². The molecule has 8 nitrogen and oxygen atoms in total. The first-order valence-corrected chi connectivity index (χ1v) is 15.0. The van der Waals surface area contributed by atoms with E-state index in [1.807, 2.05) is 60.6 Å². The van der Waals surface area contributed by atoms with Gasteiger partial charge in [0.25, 0.3) is 0 Å². The molecule has 1 aromatic rings. The van der Waals surface area contributed by atoms with E-state index in [2.05, 4.69) is 17.2 Å². The van der Waals surface area contributed by atoms with Gasteiger partial charge in [0.1, 0.15) is 11.6 Å². The number of nitrogens with one attached hydrogen (secondary N) is 2. The minimum atomic E-state index is -1.12. The summed E-state index contributed by atoms with van der Waals surface area (Å²) in [5, 5.41) is 18.2. The third-order valence-electron chi connectivity index (χ3n) is 8.55. The highest BCUT2D eigenvalue weighted by Gasteiger charge is 2.51. The number of piperidine rings is 1. The van der Waals surface area contributed by atoms with Gasteiger partial charge in [0, 0.05) is 41.4 Å². The van der Waals surface area contributed by atoms with Crippen LogP contribution in [0.5, 0.6) is 0 Å². The average Bonchev–Trinajstić information content (AvgIpc) is 3.26. The molecule has 0 radical (unpaired) electrons. The molecule has 1 heterocycles. The Bertz CT molecular complexity index is 1130. The van der Waals surface area contributed by atoms with Crippen molar-refractivity contribution in [3.05, 3.63) is 47.5 Å². The van der Waals surface area contributed by atoms with Crippen LogP contribution in [0.1, 0.15) is 86.1 Å². The molecule has 0 aromatic heterocycles. The number of aliphatic hydroxyl groups is 1. The lowest BCUT2D eigenvalue weighted by molar-refractivity contribution is -0.157. The molecule has 41 heavy (non-hydrogen) atoms. The Hall–Kier alpha value is -2.58. The van der Waals surface area contributed by atoms with Gasteiger partial charge in [-0.15, -0.1) is 6.58 Å². The van der Waals surface area contributed by atoms with Crippen molar-refractivity contribution >= 4 is 29.5 Å². The van der Waals surface area contributed by atoms with Crippen molar-refractivity contribution in [1.82, 2.24) is 15.5 Å². The lowest BCUT2D eigenvalue weighted by Gasteiger charge is -2.51. The first-order valence-electron chi connectivity index (χ1n) is 14.6. The van der Waals surface area contributed by atoms with Crippen LogP contribution >= 0.6 is 11.6 Å². The predicted molar refractivity (Wildman–Crippen MR) is 161 cm³/mol. The average molecular weight is 590 g/mol. The summed E-state index contributed by atoms with van der Waals surface area (Å²) in [6.45, 7) is 17.9. The Morgan fingerprint density at radius 2 is 1.83 bits per heavy atom. The molecule has 1 aliphatic carbocycles. The number of hydrogen-bond donors (Lipinski definition) is 3. The lowest BCUT2D eigenvalue weighted by atomic mass is 9.66. The number of ether oxygens (including phenoxy) is 1. The predicted octanol–water partition coefficient (Wildman–Crippen LogP) is 5.57. The highest BCUT2D eigenvalue weighted by Crippen LogP contribution is 2.46. The number of carbonyl (C=O) groups is 3. The number of carbonyl (C=O) groups excluding carboxylic acids is 3. The van der Waals surface area contributed by atoms with Crippen LogP contribution < -0.4 is 10.6 Å². The summed E-state index contributed by atoms with van der Waals surface area (Å²) in [5.41, 5.74) is -2.24. The number of halogens is 1. The maximum atomic E-state index is 13.8. The van der Waals surface area contributed by atoms with E-state index < -0.39 is 34.3 Å². The van der Waals surface area contributed by atoms with Crippen LogP contribution in [0.25, 0.3) is 0 Å². The van der Waals surface area contributed by atoms with E-state index in [-0.39, 0.29) is 23.7 Å². The number of benzene rings is 1. The molecule has 1 saturated carbocycles. The Labute approximate surface area is 250 Å². The molecule has 3 amide bonds. The van der Waals surface area contributed by atoms with Crippen LogP contribution in [0.3, 0.4) is 0 Å². The van der Waals surface area contributed by atoms with Gasteiger partial charge in [0.05, 0.1) is 5.60 Å². The van der Waals surface area contributed by atoms with Crippen molar-refractivity contribution in [2.45, 2.75) is 103 Å². The standard InChI is InChI=1S/C32H48ClN3O5/c1-9-15-31(41-28(39)35-29(4,5)6)16-14-22(19-31)26(37)34-25(21(2)3)27(38)36-18-17-32(40,30(7,8)20-36)23-10-12-24(33)13-11-23/h9-13,21-22,25,40H,1,14-20H2,2-8H3,(H,34,37)(H,35,39)/t22-,25-,31+,32+/m1/s1. The SMILES string of the molecule is C=CC[C@]1(OC(=O)NC(C)(C)C)CC[C@@H](C(=O)N[C@@H](C(=O)N2CC[C@](O)(c3ccc(Cl)cc3)C(C)(C)C2)C(C)C)C1. The summed E-state index contributed by atoms with van der Waals surface area (Å²) in [6, 6.07) is 6.50. The van der Waals surface area contributed by atoms with Crippen LogP contribution in [0.2, 0.25) is 5.02 Å². The lowest BCUT2D eigenvalue weighted by Crippen LogP contribution is -2.60. The molecule has 1 saturated heterocycles. The molecule has 2 fully saturated rings. The molecule has 9 heteroatoms. The molecule has 0 bridgehead atoms. The molecule has 0 unspecified atom stereocenters. The second kappa shape index (κ2) is 12.3. The molecule has 0 spiro atoms. The third kappa shape index (κ3) is 7.63. The fourth-order valence-corrected chi connectivity index (χ4v) is 6.30. The fourth-order valence-electron chi connectivity index (χ4n) is 6.18. The van der Waals surface area contributed by atoms with Gasteiger partial charge < -0.3 is 25.4 Å². The Balaban J connectivity index is 1.69. The summed E-state index contributed by atoms with van der Waals surface area (Å²) < 4.78 is 5.87. The highest BCUT2D eigenvalue weighted by atomic mass is 35.5. The van der Waals surface area contributed by atoms with Crippen molar-refractivity contribution < 1.29 is 24.2 Å². The fraction of sp³-hybridized carbons (Fsp3) is 0.656. The molecule has 3 N–H and O–H groups in total. The second-order valence-electron chi connectivity index (χ2n) is 13.9. The van der Waals surface area contributed by atoms with E-state index in [4.69, 9.17) is 16.3 Å². The number of nitrogens with zero attached hydrogens (tertiary/aromatic N) is 1. The maximum Gasteiger partial charge on any atom is 0.408 e. The van der Waals surface area contributed by atoms with Gasteiger partial charge in [-0.25, -0.2) is 4.79 Å². The van der Waals surface area contributed by atoms with Gasteiger partial charge >= 0.3 is 6.09 Å². The zero-order valence-electron chi connectivity index (χ0n) is 25.7. The molecule has 3 rings (SSSR count). The number of rotatable bonds is 8. The zero-order chi connectivity index (χ0) is 30.8. The van der Waals surface area contributed by atoms with Gasteiger partial charge in [-0.05, 0) is 70.1 Å². The van der Waals surface area contributed by atoms with E-state index in [0.717, 1.165) is 5.56 Å². The number of likely N-dealkylation sites (tertiary alicyclic amines) is 1. The van der Waals surface area contributed by atoms with Crippen molar-refractivity contribution in [3.8, 4) is 0 Å². The number of hydrogen-bond acceptors (Lipinski definition) is 5. The molecular weight excluding hydrogens is 542 g/mol. The summed E-state index contributed by atoms with van der Waals surface area (Å²) in [7, 11) is 0. The highest BCUT2D eigenvalue weighted by molar-refractivity contribution is 6.30. The Morgan fingerprint density at radius 3 is 2.37 bits per heavy atom.